The predicted molar refractivity (Wildman–Crippen MR) is 75.4 cm³/mol. The SMILES string of the molecule is CCC(N)Cc1ccc(N(C)CC(F)F)c(Br)c1. The summed E-state index contributed by atoms with van der Waals surface area (Å²) in [7, 11) is 1.66. The number of hydrogen-bond donors (Lipinski definition) is 1. The maximum Gasteiger partial charge on any atom is 0.255 e. The van der Waals surface area contributed by atoms with Gasteiger partial charge in [-0.05, 0) is 46.5 Å². The number of nitrogens with zero attached hydrogens (tertiary/aromatic N) is 1. The van der Waals surface area contributed by atoms with Gasteiger partial charge in [-0.3, -0.25) is 0 Å². The van der Waals surface area contributed by atoms with Crippen molar-refractivity contribution in [1.82, 2.24) is 0 Å². The lowest BCUT2D eigenvalue weighted by Crippen LogP contribution is -2.24. The number of anilines is 1. The molecule has 0 fully saturated rings. The van der Waals surface area contributed by atoms with Crippen LogP contribution in [-0.4, -0.2) is 26.1 Å². The second-order valence-electron chi connectivity index (χ2n) is 4.43. The van der Waals surface area contributed by atoms with Crippen LogP contribution in [0.4, 0.5) is 14.5 Å². The van der Waals surface area contributed by atoms with E-state index in [9.17, 15) is 8.78 Å². The Balaban J connectivity index is 2.79. The maximum absolute atomic E-state index is 12.3. The minimum absolute atomic E-state index is 0.140. The largest absolute Gasteiger partial charge is 0.368 e. The molecule has 0 aliphatic carbocycles. The molecule has 0 bridgehead atoms. The molecule has 0 aromatic heterocycles. The van der Waals surface area contributed by atoms with Crippen LogP contribution in [0, 0.1) is 0 Å². The van der Waals surface area contributed by atoms with Gasteiger partial charge in [-0.1, -0.05) is 13.0 Å². The highest BCUT2D eigenvalue weighted by Gasteiger charge is 2.12. The summed E-state index contributed by atoms with van der Waals surface area (Å²) in [5.74, 6) is 0. The molecule has 1 aromatic rings. The molecule has 102 valence electrons. The number of hydrogen-bond acceptors (Lipinski definition) is 2. The molecule has 1 unspecified atom stereocenters. The van der Waals surface area contributed by atoms with Crippen LogP contribution in [-0.2, 0) is 6.42 Å². The van der Waals surface area contributed by atoms with E-state index in [0.29, 0.717) is 0 Å². The molecule has 2 nitrogen and oxygen atoms in total. The molecule has 0 amide bonds. The van der Waals surface area contributed by atoms with E-state index in [1.165, 1.54) is 4.90 Å². The third-order valence-corrected chi connectivity index (χ3v) is 3.49. The summed E-state index contributed by atoms with van der Waals surface area (Å²) in [6.07, 6.45) is -0.617. The standard InChI is InChI=1S/C13H19BrF2N2/c1-3-10(17)6-9-4-5-12(11(14)7-9)18(2)8-13(15)16/h4-5,7,10,13H,3,6,8,17H2,1-2H3. The molecule has 0 heterocycles. The Morgan fingerprint density at radius 2 is 2.06 bits per heavy atom. The second-order valence-corrected chi connectivity index (χ2v) is 5.28. The van der Waals surface area contributed by atoms with Gasteiger partial charge in [0.2, 0.25) is 0 Å². The zero-order valence-corrected chi connectivity index (χ0v) is 12.3. The Morgan fingerprint density at radius 3 is 2.56 bits per heavy atom. The fourth-order valence-electron chi connectivity index (χ4n) is 1.74. The summed E-state index contributed by atoms with van der Waals surface area (Å²) in [6, 6.07) is 5.88. The van der Waals surface area contributed by atoms with Crippen LogP contribution in [0.1, 0.15) is 18.9 Å². The van der Waals surface area contributed by atoms with Crippen molar-refractivity contribution in [3.05, 3.63) is 28.2 Å². The van der Waals surface area contributed by atoms with Gasteiger partial charge in [0, 0.05) is 17.6 Å². The third kappa shape index (κ3) is 4.53. The van der Waals surface area contributed by atoms with Crippen molar-refractivity contribution in [3.63, 3.8) is 0 Å². The zero-order valence-electron chi connectivity index (χ0n) is 10.7. The van der Waals surface area contributed by atoms with Crippen molar-refractivity contribution in [1.29, 1.82) is 0 Å². The first-order chi connectivity index (χ1) is 8.43. The van der Waals surface area contributed by atoms with Crippen LogP contribution in [0.25, 0.3) is 0 Å². The van der Waals surface area contributed by atoms with E-state index < -0.39 is 6.43 Å². The monoisotopic (exact) mass is 320 g/mol. The Labute approximate surface area is 115 Å². The highest BCUT2D eigenvalue weighted by molar-refractivity contribution is 9.10. The van der Waals surface area contributed by atoms with Crippen molar-refractivity contribution in [3.8, 4) is 0 Å². The molecule has 0 saturated carbocycles. The first-order valence-electron chi connectivity index (χ1n) is 5.97. The Kier molecular flexibility index (Phi) is 6.02. The third-order valence-electron chi connectivity index (χ3n) is 2.86. The van der Waals surface area contributed by atoms with Crippen LogP contribution >= 0.6 is 15.9 Å². The zero-order chi connectivity index (χ0) is 13.7. The molecular weight excluding hydrogens is 302 g/mol. The molecule has 1 aromatic carbocycles. The van der Waals surface area contributed by atoms with Gasteiger partial charge in [-0.25, -0.2) is 8.78 Å². The summed E-state index contributed by atoms with van der Waals surface area (Å²) in [6.45, 7) is 1.77. The molecule has 18 heavy (non-hydrogen) atoms. The summed E-state index contributed by atoms with van der Waals surface area (Å²) >= 11 is 3.42. The van der Waals surface area contributed by atoms with Crippen LogP contribution in [0.5, 0.6) is 0 Å². The topological polar surface area (TPSA) is 29.3 Å². The van der Waals surface area contributed by atoms with Crippen molar-refractivity contribution in [2.45, 2.75) is 32.2 Å². The Morgan fingerprint density at radius 1 is 1.39 bits per heavy atom. The quantitative estimate of drug-likeness (QED) is 0.870. The van der Waals surface area contributed by atoms with Gasteiger partial charge in [-0.2, -0.15) is 0 Å². The minimum atomic E-state index is -2.34. The lowest BCUT2D eigenvalue weighted by atomic mass is 10.0. The van der Waals surface area contributed by atoms with E-state index in [4.69, 9.17) is 5.73 Å². The van der Waals surface area contributed by atoms with Crippen molar-refractivity contribution >= 4 is 21.6 Å². The summed E-state index contributed by atoms with van der Waals surface area (Å²) < 4.78 is 25.5. The predicted octanol–water partition coefficient (Wildman–Crippen LogP) is 3.43. The number of halogens is 3. The van der Waals surface area contributed by atoms with E-state index >= 15 is 0 Å². The van der Waals surface area contributed by atoms with E-state index in [1.54, 1.807) is 7.05 Å². The molecule has 1 atom stereocenters. The molecule has 0 aliphatic heterocycles. The number of alkyl halides is 2. The lowest BCUT2D eigenvalue weighted by molar-refractivity contribution is 0.156. The average Bonchev–Trinajstić information content (AvgIpc) is 2.27. The fourth-order valence-corrected chi connectivity index (χ4v) is 2.47. The highest BCUT2D eigenvalue weighted by atomic mass is 79.9. The van der Waals surface area contributed by atoms with Gasteiger partial charge >= 0.3 is 0 Å². The normalized spacial score (nSPS) is 12.8. The van der Waals surface area contributed by atoms with E-state index in [-0.39, 0.29) is 12.6 Å². The smallest absolute Gasteiger partial charge is 0.255 e. The minimum Gasteiger partial charge on any atom is -0.368 e. The van der Waals surface area contributed by atoms with Gasteiger partial charge in [0.05, 0.1) is 12.2 Å². The molecule has 5 heteroatoms. The highest BCUT2D eigenvalue weighted by Crippen LogP contribution is 2.27. The molecule has 0 spiro atoms. The van der Waals surface area contributed by atoms with Gasteiger partial charge in [0.15, 0.2) is 0 Å². The van der Waals surface area contributed by atoms with Gasteiger partial charge < -0.3 is 10.6 Å². The number of rotatable bonds is 6. The molecule has 1 rings (SSSR count). The van der Waals surface area contributed by atoms with Crippen LogP contribution in [0.15, 0.2) is 22.7 Å². The van der Waals surface area contributed by atoms with Crippen LogP contribution in [0.3, 0.4) is 0 Å². The second kappa shape index (κ2) is 7.04. The molecular formula is C13H19BrF2N2. The molecule has 2 N–H and O–H groups in total. The Bertz CT molecular complexity index is 385. The van der Waals surface area contributed by atoms with Crippen molar-refractivity contribution in [2.24, 2.45) is 5.73 Å². The average molecular weight is 321 g/mol. The van der Waals surface area contributed by atoms with Crippen molar-refractivity contribution < 1.29 is 8.78 Å². The van der Waals surface area contributed by atoms with E-state index in [2.05, 4.69) is 15.9 Å². The van der Waals surface area contributed by atoms with Gasteiger partial charge in [0.1, 0.15) is 0 Å². The van der Waals surface area contributed by atoms with E-state index in [0.717, 1.165) is 28.6 Å². The molecule has 0 aliphatic rings. The van der Waals surface area contributed by atoms with Gasteiger partial charge in [-0.15, -0.1) is 0 Å². The van der Waals surface area contributed by atoms with E-state index in [1.807, 2.05) is 25.1 Å². The lowest BCUT2D eigenvalue weighted by Gasteiger charge is -2.21. The van der Waals surface area contributed by atoms with Crippen molar-refractivity contribution in [2.75, 3.05) is 18.5 Å². The van der Waals surface area contributed by atoms with Crippen LogP contribution < -0.4 is 10.6 Å². The maximum atomic E-state index is 12.3. The first-order valence-corrected chi connectivity index (χ1v) is 6.76. The summed E-state index contributed by atoms with van der Waals surface area (Å²) in [5.41, 5.74) is 7.78. The number of benzene rings is 1. The first kappa shape index (κ1) is 15.4. The number of nitrogens with two attached hydrogens (primary N) is 1. The summed E-state index contributed by atoms with van der Waals surface area (Å²) in [5, 5.41) is 0. The summed E-state index contributed by atoms with van der Waals surface area (Å²) in [4.78, 5) is 1.54. The fraction of sp³-hybridized carbons (Fsp3) is 0.538. The van der Waals surface area contributed by atoms with Gasteiger partial charge in [0.25, 0.3) is 6.43 Å². The molecule has 0 radical (unpaired) electrons. The molecule has 0 saturated heterocycles. The van der Waals surface area contributed by atoms with Crippen LogP contribution in [0.2, 0.25) is 0 Å². The Hall–Kier alpha value is -0.680.